The van der Waals surface area contributed by atoms with Gasteiger partial charge in [-0.25, -0.2) is 0 Å². The summed E-state index contributed by atoms with van der Waals surface area (Å²) in [6.45, 7) is 14.0. The van der Waals surface area contributed by atoms with Gasteiger partial charge in [0.05, 0.1) is 0 Å². The second-order valence-corrected chi connectivity index (χ2v) is 6.97. The highest BCUT2D eigenvalue weighted by Gasteiger charge is 2.25. The Hall–Kier alpha value is 0.400. The van der Waals surface area contributed by atoms with Crippen molar-refractivity contribution >= 4 is 15.9 Å². The van der Waals surface area contributed by atoms with Crippen LogP contribution in [-0.2, 0) is 0 Å². The van der Waals surface area contributed by atoms with Crippen LogP contribution in [0.2, 0.25) is 0 Å². The lowest BCUT2D eigenvalue weighted by Gasteiger charge is -2.34. The van der Waals surface area contributed by atoms with E-state index in [0.717, 1.165) is 17.8 Å². The Kier molecular flexibility index (Phi) is 8.69. The van der Waals surface area contributed by atoms with Gasteiger partial charge in [0, 0.05) is 25.0 Å². The molecule has 1 unspecified atom stereocenters. The van der Waals surface area contributed by atoms with Crippen molar-refractivity contribution in [3.63, 3.8) is 0 Å². The molecule has 0 rings (SSSR count). The molecule has 0 saturated carbocycles. The zero-order valence-electron chi connectivity index (χ0n) is 12.6. The highest BCUT2D eigenvalue weighted by molar-refractivity contribution is 9.09. The van der Waals surface area contributed by atoms with Crippen LogP contribution in [0.4, 0.5) is 0 Å². The molecule has 0 saturated heterocycles. The molecular formula is C14H31BrN2. The predicted molar refractivity (Wildman–Crippen MR) is 82.0 cm³/mol. The van der Waals surface area contributed by atoms with Gasteiger partial charge in [0.1, 0.15) is 0 Å². The zero-order valence-corrected chi connectivity index (χ0v) is 14.2. The number of alkyl halides is 1. The van der Waals surface area contributed by atoms with Crippen molar-refractivity contribution in [1.82, 2.24) is 9.80 Å². The maximum absolute atomic E-state index is 3.67. The molecule has 0 aromatic rings. The van der Waals surface area contributed by atoms with E-state index >= 15 is 0 Å². The smallest absolute Gasteiger partial charge is 0.0109 e. The molecule has 0 spiro atoms. The predicted octanol–water partition coefficient (Wildman–Crippen LogP) is 3.32. The van der Waals surface area contributed by atoms with Crippen LogP contribution in [0.1, 0.15) is 34.1 Å². The monoisotopic (exact) mass is 306 g/mol. The van der Waals surface area contributed by atoms with Crippen molar-refractivity contribution in [2.24, 2.45) is 11.3 Å². The fraction of sp³-hybridized carbons (Fsp3) is 1.00. The Morgan fingerprint density at radius 2 is 1.65 bits per heavy atom. The van der Waals surface area contributed by atoms with Crippen molar-refractivity contribution in [2.75, 3.05) is 45.6 Å². The number of halogens is 1. The Balaban J connectivity index is 4.30. The molecule has 2 nitrogen and oxygen atoms in total. The molecule has 0 N–H and O–H groups in total. The lowest BCUT2D eigenvalue weighted by Crippen LogP contribution is -2.40. The molecule has 0 aromatic heterocycles. The largest absolute Gasteiger partial charge is 0.308 e. The van der Waals surface area contributed by atoms with Crippen LogP contribution in [0, 0.1) is 11.3 Å². The van der Waals surface area contributed by atoms with E-state index < -0.39 is 0 Å². The maximum Gasteiger partial charge on any atom is 0.0109 e. The molecular weight excluding hydrogens is 276 g/mol. The van der Waals surface area contributed by atoms with Gasteiger partial charge in [-0.1, -0.05) is 43.6 Å². The maximum atomic E-state index is 3.67. The van der Waals surface area contributed by atoms with E-state index in [1.165, 1.54) is 26.1 Å². The number of rotatable bonds is 8. The first kappa shape index (κ1) is 17.4. The molecule has 3 heteroatoms. The minimum atomic E-state index is 0.383. The Morgan fingerprint density at radius 1 is 1.06 bits per heavy atom. The number of likely N-dealkylation sites (N-methyl/N-ethyl adjacent to an activating group) is 1. The van der Waals surface area contributed by atoms with Crippen LogP contribution in [-0.4, -0.2) is 55.4 Å². The summed E-state index contributed by atoms with van der Waals surface area (Å²) in [6, 6.07) is 0. The molecule has 0 bridgehead atoms. The number of nitrogens with zero attached hydrogens (tertiary/aromatic N) is 2. The normalized spacial score (nSPS) is 14.6. The van der Waals surface area contributed by atoms with E-state index in [2.05, 4.69) is 67.5 Å². The Bertz CT molecular complexity index is 187. The highest BCUT2D eigenvalue weighted by atomic mass is 79.9. The van der Waals surface area contributed by atoms with Gasteiger partial charge in [-0.2, -0.15) is 0 Å². The SMILES string of the molecule is CCCN(CCN(C)C)CC(CBr)C(C)(C)C. The number of hydrogen-bond donors (Lipinski definition) is 0. The first-order valence-corrected chi connectivity index (χ1v) is 7.86. The second-order valence-electron chi connectivity index (χ2n) is 6.32. The van der Waals surface area contributed by atoms with E-state index in [9.17, 15) is 0 Å². The molecule has 0 fully saturated rings. The summed E-state index contributed by atoms with van der Waals surface area (Å²) < 4.78 is 0. The van der Waals surface area contributed by atoms with Crippen molar-refractivity contribution < 1.29 is 0 Å². The molecule has 0 aromatic carbocycles. The van der Waals surface area contributed by atoms with Crippen LogP contribution in [0.25, 0.3) is 0 Å². The molecule has 0 amide bonds. The van der Waals surface area contributed by atoms with Gasteiger partial charge in [-0.05, 0) is 38.4 Å². The summed E-state index contributed by atoms with van der Waals surface area (Å²) >= 11 is 3.67. The summed E-state index contributed by atoms with van der Waals surface area (Å²) in [5.74, 6) is 0.719. The summed E-state index contributed by atoms with van der Waals surface area (Å²) in [6.07, 6.45) is 1.24. The second kappa shape index (κ2) is 8.49. The van der Waals surface area contributed by atoms with E-state index in [1.807, 2.05) is 0 Å². The molecule has 17 heavy (non-hydrogen) atoms. The van der Waals surface area contributed by atoms with Crippen LogP contribution >= 0.6 is 15.9 Å². The zero-order chi connectivity index (χ0) is 13.5. The fourth-order valence-electron chi connectivity index (χ4n) is 1.82. The van der Waals surface area contributed by atoms with Crippen molar-refractivity contribution in [3.05, 3.63) is 0 Å². The van der Waals surface area contributed by atoms with E-state index in [4.69, 9.17) is 0 Å². The van der Waals surface area contributed by atoms with Crippen LogP contribution in [0.15, 0.2) is 0 Å². The third-order valence-electron chi connectivity index (χ3n) is 3.29. The van der Waals surface area contributed by atoms with Gasteiger partial charge in [0.2, 0.25) is 0 Å². The topological polar surface area (TPSA) is 6.48 Å². The minimum absolute atomic E-state index is 0.383. The average molecular weight is 307 g/mol. The van der Waals surface area contributed by atoms with Crippen molar-refractivity contribution in [2.45, 2.75) is 34.1 Å². The molecule has 0 aliphatic carbocycles. The first-order valence-electron chi connectivity index (χ1n) is 6.74. The molecule has 104 valence electrons. The van der Waals surface area contributed by atoms with Gasteiger partial charge < -0.3 is 9.80 Å². The van der Waals surface area contributed by atoms with Gasteiger partial charge in [-0.3, -0.25) is 0 Å². The van der Waals surface area contributed by atoms with E-state index in [-0.39, 0.29) is 0 Å². The van der Waals surface area contributed by atoms with E-state index in [0.29, 0.717) is 5.41 Å². The van der Waals surface area contributed by atoms with Crippen LogP contribution in [0.3, 0.4) is 0 Å². The van der Waals surface area contributed by atoms with Crippen molar-refractivity contribution in [3.8, 4) is 0 Å². The quantitative estimate of drug-likeness (QED) is 0.635. The van der Waals surface area contributed by atoms with Gasteiger partial charge in [-0.15, -0.1) is 0 Å². The fourth-order valence-corrected chi connectivity index (χ4v) is 2.99. The van der Waals surface area contributed by atoms with Gasteiger partial charge in [0.25, 0.3) is 0 Å². The Labute approximate surface area is 117 Å². The minimum Gasteiger partial charge on any atom is -0.308 e. The standard InChI is InChI=1S/C14H31BrN2/c1-7-8-17(10-9-16(5)6)12-13(11-15)14(2,3)4/h13H,7-12H2,1-6H3. The lowest BCUT2D eigenvalue weighted by atomic mass is 9.82. The van der Waals surface area contributed by atoms with Gasteiger partial charge in [0.15, 0.2) is 0 Å². The van der Waals surface area contributed by atoms with Gasteiger partial charge >= 0.3 is 0 Å². The lowest BCUT2D eigenvalue weighted by molar-refractivity contribution is 0.156. The molecule has 0 radical (unpaired) electrons. The molecule has 0 heterocycles. The summed E-state index contributed by atoms with van der Waals surface area (Å²) in [4.78, 5) is 4.88. The molecule has 1 atom stereocenters. The molecule has 0 aliphatic heterocycles. The summed E-state index contributed by atoms with van der Waals surface area (Å²) in [7, 11) is 4.30. The highest BCUT2D eigenvalue weighted by Crippen LogP contribution is 2.28. The van der Waals surface area contributed by atoms with Crippen molar-refractivity contribution in [1.29, 1.82) is 0 Å². The third kappa shape index (κ3) is 8.17. The summed E-state index contributed by atoms with van der Waals surface area (Å²) in [5, 5.41) is 1.10. The van der Waals surface area contributed by atoms with Crippen LogP contribution in [0.5, 0.6) is 0 Å². The third-order valence-corrected chi connectivity index (χ3v) is 4.07. The van der Waals surface area contributed by atoms with E-state index in [1.54, 1.807) is 0 Å². The average Bonchev–Trinajstić information content (AvgIpc) is 2.20. The first-order chi connectivity index (χ1) is 7.81. The Morgan fingerprint density at radius 3 is 2.00 bits per heavy atom. The number of hydrogen-bond acceptors (Lipinski definition) is 2. The van der Waals surface area contributed by atoms with Crippen LogP contribution < -0.4 is 0 Å². The summed E-state index contributed by atoms with van der Waals surface area (Å²) in [5.41, 5.74) is 0.383. The molecule has 0 aliphatic rings.